The number of carbonyl (C=O) groups excluding carboxylic acids is 2. The molecule has 2 aliphatic rings. The van der Waals surface area contributed by atoms with Crippen LogP contribution < -0.4 is 5.32 Å². The first-order valence-corrected chi connectivity index (χ1v) is 11.4. The monoisotopic (exact) mass is 325 g/mol. The van der Waals surface area contributed by atoms with Gasteiger partial charge in [0, 0.05) is 18.9 Å². The molecule has 0 aromatic rings. The molecule has 126 valence electrons. The minimum Gasteiger partial charge on any atom is -0.413 e. The van der Waals surface area contributed by atoms with E-state index in [4.69, 9.17) is 4.43 Å². The van der Waals surface area contributed by atoms with Crippen molar-refractivity contribution in [1.29, 1.82) is 0 Å². The number of hydrogen-bond acceptors (Lipinski definition) is 3. The fourth-order valence-electron chi connectivity index (χ4n) is 3.37. The van der Waals surface area contributed by atoms with Gasteiger partial charge in [-0.05, 0) is 43.8 Å². The lowest BCUT2D eigenvalue weighted by Gasteiger charge is -2.48. The highest BCUT2D eigenvalue weighted by atomic mass is 28.4. The third kappa shape index (κ3) is 3.45. The minimum absolute atomic E-state index is 0.0442. The predicted octanol–water partition coefficient (Wildman–Crippen LogP) is 3.27. The second-order valence-corrected chi connectivity index (χ2v) is 13.3. The maximum atomic E-state index is 12.1. The van der Waals surface area contributed by atoms with Gasteiger partial charge in [0.05, 0.1) is 12.0 Å². The van der Waals surface area contributed by atoms with Crippen LogP contribution in [0.25, 0.3) is 0 Å². The summed E-state index contributed by atoms with van der Waals surface area (Å²) in [6.45, 7) is 13.2. The van der Waals surface area contributed by atoms with Crippen molar-refractivity contribution in [3.8, 4) is 0 Å². The Morgan fingerprint density at radius 3 is 2.18 bits per heavy atom. The number of ketones is 1. The first kappa shape index (κ1) is 17.7. The van der Waals surface area contributed by atoms with Gasteiger partial charge < -0.3 is 9.74 Å². The molecular formula is C17H31NO3Si. The molecule has 0 aromatic heterocycles. The summed E-state index contributed by atoms with van der Waals surface area (Å²) in [6, 6.07) is 0.195. The number of amides is 1. The Balaban J connectivity index is 2.00. The van der Waals surface area contributed by atoms with Crippen LogP contribution in [0.3, 0.4) is 0 Å². The van der Waals surface area contributed by atoms with Gasteiger partial charge in [-0.2, -0.15) is 0 Å². The average molecular weight is 326 g/mol. The quantitative estimate of drug-likeness (QED) is 0.637. The minimum atomic E-state index is -1.87. The van der Waals surface area contributed by atoms with E-state index in [9.17, 15) is 9.59 Å². The molecule has 0 aromatic carbocycles. The molecule has 0 radical (unpaired) electrons. The lowest BCUT2D eigenvalue weighted by atomic mass is 9.72. The zero-order valence-electron chi connectivity index (χ0n) is 14.9. The van der Waals surface area contributed by atoms with Gasteiger partial charge in [0.25, 0.3) is 0 Å². The third-order valence-electron chi connectivity index (χ3n) is 5.89. The maximum absolute atomic E-state index is 12.1. The van der Waals surface area contributed by atoms with Crippen LogP contribution in [0.1, 0.15) is 53.4 Å². The molecule has 1 N–H and O–H groups in total. The first-order valence-electron chi connectivity index (χ1n) is 8.53. The van der Waals surface area contributed by atoms with Crippen molar-refractivity contribution >= 4 is 20.0 Å². The fourth-order valence-corrected chi connectivity index (χ4v) is 4.80. The molecule has 5 heteroatoms. The second kappa shape index (κ2) is 6.08. The molecule has 2 unspecified atom stereocenters. The van der Waals surface area contributed by atoms with Crippen LogP contribution in [-0.4, -0.2) is 32.2 Å². The van der Waals surface area contributed by atoms with Crippen LogP contribution in [0, 0.1) is 11.8 Å². The normalized spacial score (nSPS) is 29.0. The van der Waals surface area contributed by atoms with Gasteiger partial charge >= 0.3 is 0 Å². The van der Waals surface area contributed by atoms with E-state index in [1.165, 1.54) is 0 Å². The summed E-state index contributed by atoms with van der Waals surface area (Å²) >= 11 is 0. The zero-order chi connectivity index (χ0) is 16.7. The van der Waals surface area contributed by atoms with E-state index in [2.05, 4.69) is 39.2 Å². The van der Waals surface area contributed by atoms with Gasteiger partial charge in [0.15, 0.2) is 8.32 Å². The number of Topliss-reactive ketones (excluding diaryl/α,β-unsaturated/α-hetero) is 1. The highest BCUT2D eigenvalue weighted by Crippen LogP contribution is 2.40. The van der Waals surface area contributed by atoms with Crippen LogP contribution in [0.5, 0.6) is 0 Å². The number of carbonyl (C=O) groups is 2. The third-order valence-corrected chi connectivity index (χ3v) is 10.5. The summed E-state index contributed by atoms with van der Waals surface area (Å²) in [5.41, 5.74) is 0. The molecule has 1 amide bonds. The molecule has 1 heterocycles. The molecule has 2 rings (SSSR count). The molecule has 22 heavy (non-hydrogen) atoms. The van der Waals surface area contributed by atoms with E-state index in [0.717, 1.165) is 12.8 Å². The summed E-state index contributed by atoms with van der Waals surface area (Å²) in [6.07, 6.45) is 3.11. The van der Waals surface area contributed by atoms with Crippen molar-refractivity contribution in [2.24, 2.45) is 11.8 Å². The van der Waals surface area contributed by atoms with Gasteiger partial charge in [0.1, 0.15) is 5.78 Å². The second-order valence-electron chi connectivity index (χ2n) is 8.52. The van der Waals surface area contributed by atoms with Gasteiger partial charge in [-0.1, -0.05) is 20.8 Å². The molecule has 1 saturated carbocycles. The number of nitrogens with one attached hydrogen (secondary N) is 1. The predicted molar refractivity (Wildman–Crippen MR) is 90.1 cm³/mol. The SMILES string of the molecule is C[C@@H](O[Si](C)(C)C(C)(C)C)C1C(=O)NC1C1CCC(=O)CC1. The van der Waals surface area contributed by atoms with E-state index in [1.54, 1.807) is 0 Å². The maximum Gasteiger partial charge on any atom is 0.228 e. The Kier molecular flexibility index (Phi) is 4.88. The van der Waals surface area contributed by atoms with Crippen molar-refractivity contribution < 1.29 is 14.0 Å². The van der Waals surface area contributed by atoms with Gasteiger partial charge in [-0.25, -0.2) is 0 Å². The van der Waals surface area contributed by atoms with E-state index in [-0.39, 0.29) is 29.0 Å². The Hall–Kier alpha value is -0.683. The van der Waals surface area contributed by atoms with Gasteiger partial charge in [-0.3, -0.25) is 9.59 Å². The van der Waals surface area contributed by atoms with Crippen molar-refractivity contribution in [3.63, 3.8) is 0 Å². The highest BCUT2D eigenvalue weighted by Gasteiger charge is 2.50. The van der Waals surface area contributed by atoms with Crippen molar-refractivity contribution in [2.45, 2.75) is 83.7 Å². The highest BCUT2D eigenvalue weighted by molar-refractivity contribution is 6.74. The average Bonchev–Trinajstić information content (AvgIpc) is 2.34. The van der Waals surface area contributed by atoms with Crippen molar-refractivity contribution in [3.05, 3.63) is 0 Å². The van der Waals surface area contributed by atoms with E-state index in [0.29, 0.717) is 24.5 Å². The van der Waals surface area contributed by atoms with Gasteiger partial charge in [0.2, 0.25) is 5.91 Å². The summed E-state index contributed by atoms with van der Waals surface area (Å²) in [7, 11) is -1.87. The van der Waals surface area contributed by atoms with Crippen LogP contribution in [-0.2, 0) is 14.0 Å². The Morgan fingerprint density at radius 2 is 1.73 bits per heavy atom. The standard InChI is InChI=1S/C17H31NO3Si/c1-11(21-22(5,6)17(2,3)4)14-15(18-16(14)20)12-7-9-13(19)10-8-12/h11-12,14-15H,7-10H2,1-6H3,(H,18,20)/t11-,14?,15?/m1/s1. The Bertz CT molecular complexity index is 445. The molecule has 3 atom stereocenters. The molecule has 1 saturated heterocycles. The molecule has 0 spiro atoms. The lowest BCUT2D eigenvalue weighted by molar-refractivity contribution is -0.143. The molecular weight excluding hydrogens is 294 g/mol. The van der Waals surface area contributed by atoms with E-state index in [1.807, 2.05) is 6.92 Å². The van der Waals surface area contributed by atoms with E-state index < -0.39 is 8.32 Å². The van der Waals surface area contributed by atoms with Gasteiger partial charge in [-0.15, -0.1) is 0 Å². The molecule has 4 nitrogen and oxygen atoms in total. The summed E-state index contributed by atoms with van der Waals surface area (Å²) in [5, 5.41) is 3.22. The van der Waals surface area contributed by atoms with Crippen LogP contribution >= 0.6 is 0 Å². The summed E-state index contributed by atoms with van der Waals surface area (Å²) in [5.74, 6) is 0.871. The number of β-lactam (4-membered cyclic amide) rings is 1. The van der Waals surface area contributed by atoms with Crippen molar-refractivity contribution in [2.75, 3.05) is 0 Å². The molecule has 2 fully saturated rings. The fraction of sp³-hybridized carbons (Fsp3) is 0.882. The molecule has 0 bridgehead atoms. The zero-order valence-corrected chi connectivity index (χ0v) is 15.9. The Morgan fingerprint density at radius 1 is 1.18 bits per heavy atom. The molecule has 1 aliphatic heterocycles. The lowest BCUT2D eigenvalue weighted by Crippen LogP contribution is -2.66. The smallest absolute Gasteiger partial charge is 0.228 e. The summed E-state index contributed by atoms with van der Waals surface area (Å²) in [4.78, 5) is 23.5. The number of hydrogen-bond donors (Lipinski definition) is 1. The largest absolute Gasteiger partial charge is 0.413 e. The van der Waals surface area contributed by atoms with Crippen molar-refractivity contribution in [1.82, 2.24) is 5.32 Å². The van der Waals surface area contributed by atoms with Crippen LogP contribution in [0.2, 0.25) is 18.1 Å². The Labute approximate surface area is 135 Å². The number of rotatable bonds is 4. The summed E-state index contributed by atoms with van der Waals surface area (Å²) < 4.78 is 6.43. The molecule has 1 aliphatic carbocycles. The van der Waals surface area contributed by atoms with E-state index >= 15 is 0 Å². The topological polar surface area (TPSA) is 55.4 Å². The van der Waals surface area contributed by atoms with Crippen LogP contribution in [0.15, 0.2) is 0 Å². The van der Waals surface area contributed by atoms with Crippen LogP contribution in [0.4, 0.5) is 0 Å². The first-order chi connectivity index (χ1) is 10.0.